The van der Waals surface area contributed by atoms with Crippen molar-refractivity contribution in [3.8, 4) is 0 Å². The van der Waals surface area contributed by atoms with Crippen LogP contribution in [0, 0.1) is 6.92 Å². The van der Waals surface area contributed by atoms with Gasteiger partial charge in [0.05, 0.1) is 0 Å². The number of carbonyl (C=O) groups is 1. The van der Waals surface area contributed by atoms with Gasteiger partial charge in [-0.15, -0.1) is 11.6 Å². The number of carbonyl (C=O) groups excluding carboxylic acids is 1. The fourth-order valence-electron chi connectivity index (χ4n) is 1.11. The van der Waals surface area contributed by atoms with Gasteiger partial charge < -0.3 is 5.73 Å². The van der Waals surface area contributed by atoms with E-state index in [1.165, 1.54) is 0 Å². The van der Waals surface area contributed by atoms with Crippen LogP contribution >= 0.6 is 23.2 Å². The Balaban J connectivity index is 2.82. The highest BCUT2D eigenvalue weighted by molar-refractivity contribution is 6.32. The topological polar surface area (TPSA) is 43.1 Å². The van der Waals surface area contributed by atoms with Crippen LogP contribution in [-0.4, -0.2) is 11.3 Å². The van der Waals surface area contributed by atoms with Gasteiger partial charge in [-0.3, -0.25) is 4.79 Å². The lowest BCUT2D eigenvalue weighted by atomic mass is 10.1. The molecule has 0 heterocycles. The van der Waals surface area contributed by atoms with Crippen molar-refractivity contribution in [3.05, 3.63) is 34.3 Å². The lowest BCUT2D eigenvalue weighted by molar-refractivity contribution is -0.117. The minimum atomic E-state index is -0.699. The Morgan fingerprint density at radius 3 is 2.71 bits per heavy atom. The van der Waals surface area contributed by atoms with Crippen molar-refractivity contribution in [2.45, 2.75) is 18.7 Å². The van der Waals surface area contributed by atoms with Crippen LogP contribution in [0.1, 0.15) is 11.1 Å². The van der Waals surface area contributed by atoms with Crippen LogP contribution in [0.25, 0.3) is 0 Å². The second-order valence-electron chi connectivity index (χ2n) is 3.17. The van der Waals surface area contributed by atoms with Crippen LogP contribution in [0.3, 0.4) is 0 Å². The molecule has 76 valence electrons. The summed E-state index contributed by atoms with van der Waals surface area (Å²) in [5, 5.41) is -0.0768. The Labute approximate surface area is 93.0 Å². The molecular weight excluding hydrogens is 221 g/mol. The average Bonchev–Trinajstić information content (AvgIpc) is 2.09. The molecule has 0 spiro atoms. The number of halogens is 2. The van der Waals surface area contributed by atoms with Crippen molar-refractivity contribution in [1.82, 2.24) is 0 Å². The molecule has 0 aliphatic rings. The molecule has 0 fully saturated rings. The first-order valence-electron chi connectivity index (χ1n) is 4.19. The molecule has 1 amide bonds. The number of alkyl halides is 1. The van der Waals surface area contributed by atoms with Gasteiger partial charge in [0, 0.05) is 5.02 Å². The molecule has 1 rings (SSSR count). The smallest absolute Gasteiger partial charge is 0.235 e. The number of amides is 1. The van der Waals surface area contributed by atoms with E-state index in [0.29, 0.717) is 11.4 Å². The summed E-state index contributed by atoms with van der Waals surface area (Å²) in [7, 11) is 0. The fraction of sp³-hybridized carbons (Fsp3) is 0.300. The van der Waals surface area contributed by atoms with Crippen molar-refractivity contribution in [2.24, 2.45) is 5.73 Å². The van der Waals surface area contributed by atoms with Crippen LogP contribution in [0.15, 0.2) is 18.2 Å². The predicted octanol–water partition coefficient (Wildman–Crippen LogP) is 2.28. The second kappa shape index (κ2) is 4.67. The predicted molar refractivity (Wildman–Crippen MR) is 58.7 cm³/mol. The Morgan fingerprint density at radius 1 is 1.57 bits per heavy atom. The Morgan fingerprint density at radius 2 is 2.21 bits per heavy atom. The maximum absolute atomic E-state index is 10.7. The van der Waals surface area contributed by atoms with E-state index in [9.17, 15) is 4.79 Å². The fourth-order valence-corrected chi connectivity index (χ4v) is 1.59. The van der Waals surface area contributed by atoms with Gasteiger partial charge in [-0.25, -0.2) is 0 Å². The summed E-state index contributed by atoms with van der Waals surface area (Å²) in [4.78, 5) is 10.7. The molecule has 2 N–H and O–H groups in total. The number of rotatable bonds is 3. The minimum Gasteiger partial charge on any atom is -0.368 e. The van der Waals surface area contributed by atoms with Gasteiger partial charge in [0.25, 0.3) is 0 Å². The van der Waals surface area contributed by atoms with Gasteiger partial charge in [-0.2, -0.15) is 0 Å². The molecule has 0 saturated heterocycles. The van der Waals surface area contributed by atoms with E-state index in [4.69, 9.17) is 28.9 Å². The van der Waals surface area contributed by atoms with E-state index in [1.54, 1.807) is 0 Å². The van der Waals surface area contributed by atoms with E-state index >= 15 is 0 Å². The summed E-state index contributed by atoms with van der Waals surface area (Å²) >= 11 is 11.7. The molecule has 0 aliphatic heterocycles. The summed E-state index contributed by atoms with van der Waals surface area (Å²) in [6.45, 7) is 1.95. The molecule has 0 saturated carbocycles. The van der Waals surface area contributed by atoms with Crippen molar-refractivity contribution in [3.63, 3.8) is 0 Å². The minimum absolute atomic E-state index is 0.371. The number of hydrogen-bond donors (Lipinski definition) is 1. The molecule has 0 aromatic heterocycles. The van der Waals surface area contributed by atoms with Crippen molar-refractivity contribution in [1.29, 1.82) is 0 Å². The van der Waals surface area contributed by atoms with Crippen LogP contribution in [0.4, 0.5) is 0 Å². The van der Waals surface area contributed by atoms with Gasteiger partial charge in [-0.05, 0) is 30.5 Å². The monoisotopic (exact) mass is 231 g/mol. The highest BCUT2D eigenvalue weighted by Crippen LogP contribution is 2.20. The highest BCUT2D eigenvalue weighted by Gasteiger charge is 2.13. The molecule has 0 bridgehead atoms. The quantitative estimate of drug-likeness (QED) is 0.798. The third-order valence-electron chi connectivity index (χ3n) is 1.92. The highest BCUT2D eigenvalue weighted by atomic mass is 35.5. The molecule has 14 heavy (non-hydrogen) atoms. The van der Waals surface area contributed by atoms with E-state index in [-0.39, 0.29) is 0 Å². The van der Waals surface area contributed by atoms with Crippen LogP contribution in [0.2, 0.25) is 5.02 Å². The summed E-state index contributed by atoms with van der Waals surface area (Å²) in [6, 6.07) is 5.61. The summed E-state index contributed by atoms with van der Waals surface area (Å²) in [6.07, 6.45) is 0.371. The molecule has 1 aromatic carbocycles. The van der Waals surface area contributed by atoms with E-state index < -0.39 is 11.3 Å². The maximum Gasteiger partial charge on any atom is 0.235 e. The lowest BCUT2D eigenvalue weighted by Crippen LogP contribution is -2.25. The van der Waals surface area contributed by atoms with Crippen LogP contribution < -0.4 is 5.73 Å². The maximum atomic E-state index is 10.7. The first-order chi connectivity index (χ1) is 6.50. The molecule has 1 unspecified atom stereocenters. The summed E-state index contributed by atoms with van der Waals surface area (Å²) in [5.41, 5.74) is 6.97. The Bertz CT molecular complexity index is 352. The van der Waals surface area contributed by atoms with Gasteiger partial charge in [-0.1, -0.05) is 23.7 Å². The number of aryl methyl sites for hydroxylation is 1. The van der Waals surface area contributed by atoms with E-state index in [1.807, 2.05) is 25.1 Å². The second-order valence-corrected chi connectivity index (χ2v) is 4.10. The zero-order valence-electron chi connectivity index (χ0n) is 7.76. The van der Waals surface area contributed by atoms with E-state index in [0.717, 1.165) is 11.1 Å². The average molecular weight is 232 g/mol. The van der Waals surface area contributed by atoms with Crippen LogP contribution in [0.5, 0.6) is 0 Å². The van der Waals surface area contributed by atoms with Gasteiger partial charge in [0.15, 0.2) is 0 Å². The number of nitrogens with two attached hydrogens (primary N) is 1. The molecular formula is C10H11Cl2NO. The summed E-state index contributed by atoms with van der Waals surface area (Å²) < 4.78 is 0. The molecule has 0 aliphatic carbocycles. The zero-order chi connectivity index (χ0) is 10.7. The standard InChI is InChI=1S/C10H11Cl2NO/c1-6-2-3-7(8(11)4-6)5-9(12)10(13)14/h2-4,9H,5H2,1H3,(H2,13,14). The Hall–Kier alpha value is -0.730. The van der Waals surface area contributed by atoms with Crippen LogP contribution in [-0.2, 0) is 11.2 Å². The molecule has 4 heteroatoms. The zero-order valence-corrected chi connectivity index (χ0v) is 9.27. The van der Waals surface area contributed by atoms with E-state index in [2.05, 4.69) is 0 Å². The molecule has 1 atom stereocenters. The summed E-state index contributed by atoms with van der Waals surface area (Å²) in [5.74, 6) is -0.525. The normalized spacial score (nSPS) is 12.5. The first-order valence-corrected chi connectivity index (χ1v) is 5.00. The number of benzene rings is 1. The van der Waals surface area contributed by atoms with Crippen molar-refractivity contribution >= 4 is 29.1 Å². The van der Waals surface area contributed by atoms with Crippen molar-refractivity contribution < 1.29 is 4.79 Å². The van der Waals surface area contributed by atoms with Gasteiger partial charge >= 0.3 is 0 Å². The lowest BCUT2D eigenvalue weighted by Gasteiger charge is -2.07. The number of primary amides is 1. The van der Waals surface area contributed by atoms with Gasteiger partial charge in [0.1, 0.15) is 5.38 Å². The third kappa shape index (κ3) is 2.89. The molecule has 1 aromatic rings. The number of hydrogen-bond acceptors (Lipinski definition) is 1. The third-order valence-corrected chi connectivity index (χ3v) is 2.64. The molecule has 2 nitrogen and oxygen atoms in total. The molecule has 0 radical (unpaired) electrons. The Kier molecular flexibility index (Phi) is 3.78. The largest absolute Gasteiger partial charge is 0.368 e. The SMILES string of the molecule is Cc1ccc(CC(Cl)C(N)=O)c(Cl)c1. The van der Waals surface area contributed by atoms with Crippen molar-refractivity contribution in [2.75, 3.05) is 0 Å². The first kappa shape index (κ1) is 11.3. The van der Waals surface area contributed by atoms with Gasteiger partial charge in [0.2, 0.25) is 5.91 Å².